The van der Waals surface area contributed by atoms with Gasteiger partial charge in [0.1, 0.15) is 5.78 Å². The van der Waals surface area contributed by atoms with Crippen molar-refractivity contribution in [2.75, 3.05) is 5.88 Å². The first-order valence-electron chi connectivity index (χ1n) is 5.22. The number of carbonyl (C=O) groups excluding carboxylic acids is 1. The van der Waals surface area contributed by atoms with Crippen molar-refractivity contribution in [3.05, 3.63) is 40.7 Å². The number of hydrogen-bond acceptors (Lipinski definition) is 1. The maximum absolute atomic E-state index is 11.6. The highest BCUT2D eigenvalue weighted by atomic mass is 35.5. The molecule has 0 unspecified atom stereocenters. The highest BCUT2D eigenvalue weighted by Gasteiger charge is 2.09. The van der Waals surface area contributed by atoms with E-state index in [2.05, 4.69) is 4.85 Å². The Bertz CT molecular complexity index is 420. The van der Waals surface area contributed by atoms with Gasteiger partial charge in [-0.3, -0.25) is 4.79 Å². The Hall–Kier alpha value is -1.33. The highest BCUT2D eigenvalue weighted by Crippen LogP contribution is 2.24. The van der Waals surface area contributed by atoms with E-state index in [1.54, 1.807) is 0 Å². The van der Waals surface area contributed by atoms with Gasteiger partial charge in [-0.1, -0.05) is 18.2 Å². The molecular weight excluding hydrogens is 222 g/mol. The summed E-state index contributed by atoms with van der Waals surface area (Å²) in [7, 11) is 0. The summed E-state index contributed by atoms with van der Waals surface area (Å²) < 4.78 is 0. The van der Waals surface area contributed by atoms with E-state index >= 15 is 0 Å². The number of hydrogen-bond donors (Lipinski definition) is 0. The molecule has 0 aliphatic heterocycles. The van der Waals surface area contributed by atoms with Crippen LogP contribution in [0.1, 0.15) is 24.0 Å². The summed E-state index contributed by atoms with van der Waals surface area (Å²) in [4.78, 5) is 15.1. The molecule has 0 fully saturated rings. The molecule has 0 aliphatic carbocycles. The quantitative estimate of drug-likeness (QED) is 0.564. The van der Waals surface area contributed by atoms with Crippen LogP contribution in [0.25, 0.3) is 4.85 Å². The first kappa shape index (κ1) is 12.7. The molecular formula is C13H14ClNO. The number of Topliss-reactive ketones (excluding diaryl/α,β-unsaturated/α-hetero) is 1. The minimum atomic E-state index is 0.149. The lowest BCUT2D eigenvalue weighted by atomic mass is 10.0. The van der Waals surface area contributed by atoms with Crippen molar-refractivity contribution in [3.8, 4) is 0 Å². The molecule has 0 amide bonds. The fraction of sp³-hybridized carbons (Fsp3) is 0.385. The zero-order valence-corrected chi connectivity index (χ0v) is 10.0. The molecule has 1 aromatic rings. The van der Waals surface area contributed by atoms with Gasteiger partial charge in [0.05, 0.1) is 6.57 Å². The van der Waals surface area contributed by atoms with E-state index in [-0.39, 0.29) is 5.78 Å². The lowest BCUT2D eigenvalue weighted by molar-refractivity contribution is -0.118. The second kappa shape index (κ2) is 6.30. The van der Waals surface area contributed by atoms with Gasteiger partial charge in [-0.2, -0.15) is 0 Å². The Labute approximate surface area is 101 Å². The summed E-state index contributed by atoms with van der Waals surface area (Å²) in [5.41, 5.74) is 2.37. The van der Waals surface area contributed by atoms with Crippen LogP contribution in [0, 0.1) is 13.5 Å². The number of alkyl halides is 1. The lowest BCUT2D eigenvalue weighted by Gasteiger charge is -2.05. The van der Waals surface area contributed by atoms with Gasteiger partial charge in [0, 0.05) is 18.7 Å². The van der Waals surface area contributed by atoms with E-state index in [1.165, 1.54) is 0 Å². The zero-order chi connectivity index (χ0) is 12.0. The van der Waals surface area contributed by atoms with Crippen LogP contribution in [0.4, 0.5) is 5.69 Å². The summed E-state index contributed by atoms with van der Waals surface area (Å²) in [5.74, 6) is 0.658. The second-order valence-electron chi connectivity index (χ2n) is 3.70. The molecule has 0 radical (unpaired) electrons. The number of benzene rings is 1. The molecule has 0 aliphatic rings. The number of para-hydroxylation sites is 1. The summed E-state index contributed by atoms with van der Waals surface area (Å²) in [5, 5.41) is 0. The number of halogens is 1. The predicted octanol–water partition coefficient (Wildman–Crippen LogP) is 3.68. The van der Waals surface area contributed by atoms with E-state index in [4.69, 9.17) is 18.2 Å². The number of rotatable bonds is 5. The average molecular weight is 236 g/mol. The zero-order valence-electron chi connectivity index (χ0n) is 9.29. The van der Waals surface area contributed by atoms with Gasteiger partial charge in [0.15, 0.2) is 5.69 Å². The Balaban J connectivity index is 2.78. The molecule has 0 heterocycles. The Morgan fingerprint density at radius 2 is 2.25 bits per heavy atom. The molecule has 0 saturated carbocycles. The fourth-order valence-corrected chi connectivity index (χ4v) is 1.72. The number of aryl methyl sites for hydroxylation is 1. The summed E-state index contributed by atoms with van der Waals surface area (Å²) >= 11 is 5.53. The van der Waals surface area contributed by atoms with Crippen LogP contribution in [0.2, 0.25) is 0 Å². The molecule has 1 aromatic carbocycles. The van der Waals surface area contributed by atoms with Crippen LogP contribution < -0.4 is 0 Å². The van der Waals surface area contributed by atoms with Crippen LogP contribution >= 0.6 is 11.6 Å². The van der Waals surface area contributed by atoms with Crippen molar-refractivity contribution < 1.29 is 4.79 Å². The SMILES string of the molecule is [C-]#[N+]c1c(C)cccc1CC(=O)CCCCl. The van der Waals surface area contributed by atoms with Crippen molar-refractivity contribution in [2.45, 2.75) is 26.2 Å². The standard InChI is InChI=1S/C13H14ClNO/c1-10-5-3-6-11(13(10)15-2)9-12(16)7-4-8-14/h3,5-6H,4,7-9H2,1H3. The molecule has 0 saturated heterocycles. The molecule has 0 aromatic heterocycles. The molecule has 0 atom stereocenters. The highest BCUT2D eigenvalue weighted by molar-refractivity contribution is 6.17. The smallest absolute Gasteiger partial charge is 0.193 e. The van der Waals surface area contributed by atoms with E-state index in [0.29, 0.717) is 30.8 Å². The molecule has 0 spiro atoms. The van der Waals surface area contributed by atoms with Gasteiger partial charge in [0.2, 0.25) is 0 Å². The topological polar surface area (TPSA) is 21.4 Å². The maximum atomic E-state index is 11.6. The van der Waals surface area contributed by atoms with Crippen LogP contribution in [0.5, 0.6) is 0 Å². The predicted molar refractivity (Wildman–Crippen MR) is 66.1 cm³/mol. The van der Waals surface area contributed by atoms with E-state index < -0.39 is 0 Å². The second-order valence-corrected chi connectivity index (χ2v) is 4.08. The van der Waals surface area contributed by atoms with Crippen molar-refractivity contribution in [1.82, 2.24) is 0 Å². The Kier molecular flexibility index (Phi) is 5.01. The third-order valence-electron chi connectivity index (χ3n) is 2.41. The van der Waals surface area contributed by atoms with E-state index in [0.717, 1.165) is 11.1 Å². The van der Waals surface area contributed by atoms with Gasteiger partial charge >= 0.3 is 0 Å². The summed E-state index contributed by atoms with van der Waals surface area (Å²) in [6.07, 6.45) is 1.55. The first-order valence-corrected chi connectivity index (χ1v) is 5.76. The first-order chi connectivity index (χ1) is 7.69. The van der Waals surface area contributed by atoms with Crippen molar-refractivity contribution in [2.24, 2.45) is 0 Å². The third kappa shape index (κ3) is 3.36. The van der Waals surface area contributed by atoms with Crippen LogP contribution in [-0.2, 0) is 11.2 Å². The number of ketones is 1. The van der Waals surface area contributed by atoms with Gasteiger partial charge in [-0.05, 0) is 24.5 Å². The normalized spacial score (nSPS) is 9.81. The fourth-order valence-electron chi connectivity index (χ4n) is 1.59. The van der Waals surface area contributed by atoms with E-state index in [1.807, 2.05) is 25.1 Å². The van der Waals surface area contributed by atoms with Crippen molar-refractivity contribution in [1.29, 1.82) is 0 Å². The molecule has 3 heteroatoms. The van der Waals surface area contributed by atoms with Gasteiger partial charge in [0.25, 0.3) is 0 Å². The van der Waals surface area contributed by atoms with Crippen LogP contribution in [0.3, 0.4) is 0 Å². The summed E-state index contributed by atoms with van der Waals surface area (Å²) in [6.45, 7) is 8.99. The number of nitrogens with zero attached hydrogens (tertiary/aromatic N) is 1. The summed E-state index contributed by atoms with van der Waals surface area (Å²) in [6, 6.07) is 5.62. The van der Waals surface area contributed by atoms with Gasteiger partial charge < -0.3 is 0 Å². The van der Waals surface area contributed by atoms with Gasteiger partial charge in [-0.15, -0.1) is 11.6 Å². The molecule has 1 rings (SSSR count). The lowest BCUT2D eigenvalue weighted by Crippen LogP contribution is -2.03. The molecule has 2 nitrogen and oxygen atoms in total. The molecule has 0 bridgehead atoms. The molecule has 16 heavy (non-hydrogen) atoms. The Morgan fingerprint density at radius 3 is 2.88 bits per heavy atom. The molecule has 0 N–H and O–H groups in total. The van der Waals surface area contributed by atoms with Crippen molar-refractivity contribution in [3.63, 3.8) is 0 Å². The average Bonchev–Trinajstić information content (AvgIpc) is 2.27. The minimum absolute atomic E-state index is 0.149. The number of carbonyl (C=O) groups is 1. The largest absolute Gasteiger partial charge is 0.299 e. The monoisotopic (exact) mass is 235 g/mol. The van der Waals surface area contributed by atoms with E-state index in [9.17, 15) is 4.79 Å². The Morgan fingerprint density at radius 1 is 1.50 bits per heavy atom. The van der Waals surface area contributed by atoms with Crippen molar-refractivity contribution >= 4 is 23.1 Å². The molecule has 84 valence electrons. The maximum Gasteiger partial charge on any atom is 0.193 e. The third-order valence-corrected chi connectivity index (χ3v) is 2.68. The van der Waals surface area contributed by atoms with Gasteiger partial charge in [-0.25, -0.2) is 4.85 Å². The van der Waals surface area contributed by atoms with Crippen LogP contribution in [0.15, 0.2) is 18.2 Å². The minimum Gasteiger partial charge on any atom is -0.299 e. The van der Waals surface area contributed by atoms with Crippen LogP contribution in [-0.4, -0.2) is 11.7 Å².